The van der Waals surface area contributed by atoms with Crippen molar-refractivity contribution in [2.45, 2.75) is 124 Å². The van der Waals surface area contributed by atoms with Crippen LogP contribution < -0.4 is 9.80 Å². The third-order valence-corrected chi connectivity index (χ3v) is 13.5. The summed E-state index contributed by atoms with van der Waals surface area (Å²) < 4.78 is 0. The van der Waals surface area contributed by atoms with E-state index >= 15 is 0 Å². The van der Waals surface area contributed by atoms with Crippen LogP contribution in [0.4, 0.5) is 34.1 Å². The van der Waals surface area contributed by atoms with Crippen molar-refractivity contribution >= 4 is 45.7 Å². The van der Waals surface area contributed by atoms with Gasteiger partial charge in [0.1, 0.15) is 0 Å². The van der Waals surface area contributed by atoms with Crippen molar-refractivity contribution in [3.8, 4) is 0 Å². The third kappa shape index (κ3) is 7.37. The normalized spacial score (nSPS) is 21.9. The van der Waals surface area contributed by atoms with Gasteiger partial charge in [-0.2, -0.15) is 0 Å². The Morgan fingerprint density at radius 1 is 0.473 bits per heavy atom. The first-order valence-corrected chi connectivity index (χ1v) is 21.2. The summed E-state index contributed by atoms with van der Waals surface area (Å²) in [6, 6.07) is 37.3. The number of nitrogens with zero attached hydrogens (tertiary/aromatic N) is 2. The van der Waals surface area contributed by atoms with Crippen molar-refractivity contribution in [1.82, 2.24) is 0 Å². The van der Waals surface area contributed by atoms with Crippen LogP contribution in [0.25, 0.3) is 0 Å². The molecule has 9 rings (SSSR count). The fourth-order valence-electron chi connectivity index (χ4n) is 10.9. The largest absolute Gasteiger partial charge is 0.309 e. The lowest BCUT2D eigenvalue weighted by atomic mass is 9.48. The maximum atomic E-state index is 8.06. The average Bonchev–Trinajstić information content (AvgIpc) is 3.08. The molecule has 2 nitrogen and oxygen atoms in total. The van der Waals surface area contributed by atoms with E-state index in [9.17, 15) is 0 Å². The van der Waals surface area contributed by atoms with Gasteiger partial charge in [-0.25, -0.2) is 0 Å². The van der Waals surface area contributed by atoms with Crippen LogP contribution in [0.5, 0.6) is 0 Å². The van der Waals surface area contributed by atoms with Crippen LogP contribution in [-0.2, 0) is 16.2 Å². The molecule has 0 heterocycles. The Morgan fingerprint density at radius 2 is 0.800 bits per heavy atom. The molecule has 5 aromatic carbocycles. The zero-order valence-corrected chi connectivity index (χ0v) is 35.7. The van der Waals surface area contributed by atoms with E-state index < -0.39 is 0 Å². The Morgan fingerprint density at radius 3 is 1.11 bits per heavy atom. The lowest BCUT2D eigenvalue weighted by molar-refractivity contribution is -0.00515. The third-order valence-electron chi connectivity index (χ3n) is 13.1. The second kappa shape index (κ2) is 13.9. The molecule has 4 saturated carbocycles. The fraction of sp³-hybridized carbons (Fsp3) is 0.423. The molecule has 0 atom stereocenters. The highest BCUT2D eigenvalue weighted by molar-refractivity contribution is 6.36. The van der Waals surface area contributed by atoms with Gasteiger partial charge >= 0.3 is 0 Å². The summed E-state index contributed by atoms with van der Waals surface area (Å²) in [4.78, 5) is 4.90. The highest BCUT2D eigenvalue weighted by Crippen LogP contribution is 2.62. The minimum Gasteiger partial charge on any atom is -0.309 e. The molecule has 0 aromatic heterocycles. The summed E-state index contributed by atoms with van der Waals surface area (Å²) in [5.74, 6) is 2.49. The summed E-state index contributed by atoms with van der Waals surface area (Å²) in [5.41, 5.74) is 16.0. The minimum absolute atomic E-state index is 0.0571. The Bertz CT molecular complexity index is 2000. The average molecular weight is 750 g/mol. The molecule has 4 aliphatic rings. The van der Waals surface area contributed by atoms with Crippen molar-refractivity contribution in [1.29, 1.82) is 0 Å². The molecule has 3 heteroatoms. The van der Waals surface area contributed by atoms with Gasteiger partial charge < -0.3 is 9.80 Å². The Hall–Kier alpha value is -4.01. The van der Waals surface area contributed by atoms with Gasteiger partial charge in [0.25, 0.3) is 0 Å². The van der Waals surface area contributed by atoms with E-state index in [0.29, 0.717) is 0 Å². The maximum absolute atomic E-state index is 8.06. The number of anilines is 6. The predicted octanol–water partition coefficient (Wildman–Crippen LogP) is 15.6. The van der Waals surface area contributed by atoms with E-state index in [0.717, 1.165) is 56.9 Å². The molecular formula is C52H61ClN2. The van der Waals surface area contributed by atoms with Crippen molar-refractivity contribution in [3.05, 3.63) is 141 Å². The first kappa shape index (κ1) is 37.9. The zero-order valence-electron chi connectivity index (χ0n) is 35.0. The highest BCUT2D eigenvalue weighted by atomic mass is 35.5. The van der Waals surface area contributed by atoms with Crippen LogP contribution in [0.3, 0.4) is 0 Å². The van der Waals surface area contributed by atoms with Crippen LogP contribution in [0, 0.1) is 45.4 Å². The van der Waals surface area contributed by atoms with Crippen LogP contribution in [-0.4, -0.2) is 0 Å². The standard InChI is InChI=1S/C52H61ClN2/c1-33-19-34(2)22-45(21-33)54(43-15-11-40(12-16-43)50(5,6)7)47-28-42(52-30-37-25-38(31-52)27-39(26-37)32-52)29-48(49(47)53)55(46-23-35(3)20-36(4)24-46)44-17-13-41(14-18-44)51(8,9)10/h11-24,28-29,37-39H,25-27,30-32H2,1-10H3. The molecule has 0 amide bonds. The number of hydrogen-bond acceptors (Lipinski definition) is 2. The van der Waals surface area contributed by atoms with Crippen molar-refractivity contribution in [3.63, 3.8) is 0 Å². The molecule has 55 heavy (non-hydrogen) atoms. The predicted molar refractivity (Wildman–Crippen MR) is 237 cm³/mol. The van der Waals surface area contributed by atoms with Crippen LogP contribution >= 0.6 is 11.6 Å². The molecule has 5 aromatic rings. The highest BCUT2D eigenvalue weighted by Gasteiger charge is 2.52. The molecule has 0 radical (unpaired) electrons. The number of rotatable bonds is 7. The van der Waals surface area contributed by atoms with Gasteiger partial charge in [0.05, 0.1) is 16.4 Å². The lowest BCUT2D eigenvalue weighted by Gasteiger charge is -2.57. The molecule has 4 aliphatic carbocycles. The molecule has 0 N–H and O–H groups in total. The van der Waals surface area contributed by atoms with Gasteiger partial charge in [0.15, 0.2) is 0 Å². The first-order valence-electron chi connectivity index (χ1n) is 20.8. The molecule has 4 bridgehead atoms. The smallest absolute Gasteiger partial charge is 0.0887 e. The number of hydrogen-bond donors (Lipinski definition) is 0. The molecule has 4 fully saturated rings. The van der Waals surface area contributed by atoms with Gasteiger partial charge in [0, 0.05) is 22.7 Å². The Kier molecular flexibility index (Phi) is 9.56. The second-order valence-electron chi connectivity index (χ2n) is 20.0. The second-order valence-corrected chi connectivity index (χ2v) is 20.4. The van der Waals surface area contributed by atoms with Gasteiger partial charge in [-0.1, -0.05) is 89.5 Å². The molecule has 0 spiro atoms. The van der Waals surface area contributed by atoms with Gasteiger partial charge in [0.2, 0.25) is 0 Å². The molecule has 0 saturated heterocycles. The van der Waals surface area contributed by atoms with E-state index in [2.05, 4.69) is 176 Å². The van der Waals surface area contributed by atoms with Gasteiger partial charge in [-0.05, 0) is 200 Å². The Labute approximate surface area is 336 Å². The lowest BCUT2D eigenvalue weighted by Crippen LogP contribution is -2.48. The summed E-state index contributed by atoms with van der Waals surface area (Å²) in [5, 5.41) is 0.770. The van der Waals surface area contributed by atoms with E-state index in [1.165, 1.54) is 77.5 Å². The van der Waals surface area contributed by atoms with Gasteiger partial charge in [-0.3, -0.25) is 0 Å². The van der Waals surface area contributed by atoms with E-state index in [-0.39, 0.29) is 16.2 Å². The van der Waals surface area contributed by atoms with Gasteiger partial charge in [-0.15, -0.1) is 0 Å². The molecule has 286 valence electrons. The number of aryl methyl sites for hydroxylation is 4. The van der Waals surface area contributed by atoms with Crippen LogP contribution in [0.1, 0.15) is 119 Å². The molecule has 0 unspecified atom stereocenters. The Balaban J connectivity index is 1.42. The van der Waals surface area contributed by atoms with Crippen LogP contribution in [0.2, 0.25) is 5.02 Å². The van der Waals surface area contributed by atoms with Crippen LogP contribution in [0.15, 0.2) is 97.1 Å². The number of benzene rings is 5. The van der Waals surface area contributed by atoms with E-state index in [1.807, 2.05) is 0 Å². The first-order chi connectivity index (χ1) is 26.0. The zero-order chi connectivity index (χ0) is 39.0. The van der Waals surface area contributed by atoms with E-state index in [4.69, 9.17) is 11.6 Å². The summed E-state index contributed by atoms with van der Waals surface area (Å²) in [6.45, 7) is 22.6. The van der Waals surface area contributed by atoms with Crippen molar-refractivity contribution in [2.24, 2.45) is 17.8 Å². The molecule has 0 aliphatic heterocycles. The fourth-order valence-corrected chi connectivity index (χ4v) is 11.2. The monoisotopic (exact) mass is 748 g/mol. The van der Waals surface area contributed by atoms with Crippen molar-refractivity contribution in [2.75, 3.05) is 9.80 Å². The van der Waals surface area contributed by atoms with Crippen molar-refractivity contribution < 1.29 is 0 Å². The SMILES string of the molecule is Cc1cc(C)cc(N(c2ccc(C(C)(C)C)cc2)c2cc(C34CC5CC(CC(C5)C3)C4)cc(N(c3ccc(C(C)(C)C)cc3)c3cc(C)cc(C)c3)c2Cl)c1. The summed E-state index contributed by atoms with van der Waals surface area (Å²) in [7, 11) is 0. The number of halogens is 1. The topological polar surface area (TPSA) is 6.48 Å². The molecular weight excluding hydrogens is 688 g/mol. The summed E-state index contributed by atoms with van der Waals surface area (Å²) in [6.07, 6.45) is 8.09. The maximum Gasteiger partial charge on any atom is 0.0887 e. The van der Waals surface area contributed by atoms with E-state index in [1.54, 1.807) is 0 Å². The quantitative estimate of drug-likeness (QED) is 0.164. The minimum atomic E-state index is 0.0571. The summed E-state index contributed by atoms with van der Waals surface area (Å²) >= 11 is 8.06.